The molecule has 4 heteroatoms. The lowest BCUT2D eigenvalue weighted by Crippen LogP contribution is -2.20. The van der Waals surface area contributed by atoms with E-state index in [0.717, 1.165) is 22.3 Å². The monoisotopic (exact) mass is 307 g/mol. The largest absolute Gasteiger partial charge is 0.373 e. The van der Waals surface area contributed by atoms with E-state index < -0.39 is 0 Å². The van der Waals surface area contributed by atoms with Crippen molar-refractivity contribution in [1.82, 2.24) is 0 Å². The van der Waals surface area contributed by atoms with Gasteiger partial charge in [0.25, 0.3) is 0 Å². The van der Waals surface area contributed by atoms with Crippen molar-refractivity contribution in [2.75, 3.05) is 30.5 Å². The van der Waals surface area contributed by atoms with Crippen LogP contribution in [0.2, 0.25) is 0 Å². The van der Waals surface area contributed by atoms with Crippen molar-refractivity contribution in [3.63, 3.8) is 0 Å². The Bertz CT molecular complexity index is 319. The van der Waals surface area contributed by atoms with E-state index in [9.17, 15) is 0 Å². The zero-order valence-corrected chi connectivity index (χ0v) is 12.1. The van der Waals surface area contributed by atoms with E-state index in [2.05, 4.69) is 52.3 Å². The number of rotatable bonds is 5. The minimum Gasteiger partial charge on any atom is -0.373 e. The number of anilines is 1. The van der Waals surface area contributed by atoms with Gasteiger partial charge in [-0.25, -0.2) is 0 Å². The van der Waals surface area contributed by atoms with Crippen molar-refractivity contribution < 1.29 is 0 Å². The molecule has 0 aliphatic carbocycles. The minimum atomic E-state index is 0.563. The van der Waals surface area contributed by atoms with Crippen molar-refractivity contribution in [2.24, 2.45) is 0 Å². The van der Waals surface area contributed by atoms with Crippen molar-refractivity contribution in [3.8, 4) is 0 Å². The Labute approximate surface area is 109 Å². The van der Waals surface area contributed by atoms with Crippen LogP contribution >= 0.6 is 39.3 Å². The highest BCUT2D eigenvalue weighted by atomic mass is 79.9. The van der Waals surface area contributed by atoms with Gasteiger partial charge in [0.1, 0.15) is 0 Å². The summed E-state index contributed by atoms with van der Waals surface area (Å²) in [6.45, 7) is 1.06. The predicted molar refractivity (Wildman–Crippen MR) is 75.4 cm³/mol. The molecule has 0 atom stereocenters. The van der Waals surface area contributed by atoms with Crippen LogP contribution in [0.3, 0.4) is 0 Å². The summed E-state index contributed by atoms with van der Waals surface area (Å²) in [5, 5.41) is 0. The van der Waals surface area contributed by atoms with Gasteiger partial charge < -0.3 is 4.90 Å². The first-order valence-electron chi connectivity index (χ1n) is 4.73. The van der Waals surface area contributed by atoms with Crippen molar-refractivity contribution in [3.05, 3.63) is 28.2 Å². The predicted octanol–water partition coefficient (Wildman–Crippen LogP) is 3.99. The highest BCUT2D eigenvalue weighted by molar-refractivity contribution is 9.10. The van der Waals surface area contributed by atoms with E-state index in [1.807, 2.05) is 11.8 Å². The average molecular weight is 309 g/mol. The Kier molecular flexibility index (Phi) is 5.87. The van der Waals surface area contributed by atoms with E-state index in [4.69, 9.17) is 11.6 Å². The van der Waals surface area contributed by atoms with Crippen LogP contribution in [0.25, 0.3) is 0 Å². The molecule has 1 aromatic rings. The molecule has 0 bridgehead atoms. The van der Waals surface area contributed by atoms with Crippen LogP contribution < -0.4 is 4.90 Å². The SMILES string of the molecule is CSCCN(C)c1ccc(CCl)cc1Br. The fourth-order valence-corrected chi connectivity index (χ4v) is 2.64. The number of halogens is 2. The van der Waals surface area contributed by atoms with Crippen molar-refractivity contribution >= 4 is 45.0 Å². The van der Waals surface area contributed by atoms with Crippen LogP contribution in [0.4, 0.5) is 5.69 Å². The summed E-state index contributed by atoms with van der Waals surface area (Å²) < 4.78 is 1.12. The van der Waals surface area contributed by atoms with Crippen molar-refractivity contribution in [2.45, 2.75) is 5.88 Å². The highest BCUT2D eigenvalue weighted by Gasteiger charge is 2.05. The summed E-state index contributed by atoms with van der Waals surface area (Å²) >= 11 is 11.2. The minimum absolute atomic E-state index is 0.563. The molecule has 0 N–H and O–H groups in total. The molecule has 0 unspecified atom stereocenters. The summed E-state index contributed by atoms with van der Waals surface area (Å²) in [4.78, 5) is 2.25. The molecule has 0 fully saturated rings. The Balaban J connectivity index is 2.76. The molecule has 15 heavy (non-hydrogen) atoms. The van der Waals surface area contributed by atoms with Gasteiger partial charge >= 0.3 is 0 Å². The molecule has 0 amide bonds. The second-order valence-electron chi connectivity index (χ2n) is 3.33. The maximum Gasteiger partial charge on any atom is 0.0508 e. The molecular weight excluding hydrogens is 294 g/mol. The fourth-order valence-electron chi connectivity index (χ4n) is 1.29. The smallest absolute Gasteiger partial charge is 0.0508 e. The summed E-state index contributed by atoms with van der Waals surface area (Å²) in [6, 6.07) is 6.27. The molecule has 1 nitrogen and oxygen atoms in total. The molecule has 0 aliphatic heterocycles. The normalized spacial score (nSPS) is 10.4. The summed E-state index contributed by atoms with van der Waals surface area (Å²) in [7, 11) is 2.11. The maximum absolute atomic E-state index is 5.78. The van der Waals surface area contributed by atoms with Crippen LogP contribution in [0.5, 0.6) is 0 Å². The van der Waals surface area contributed by atoms with Crippen LogP contribution in [0.1, 0.15) is 5.56 Å². The van der Waals surface area contributed by atoms with E-state index in [1.165, 1.54) is 5.69 Å². The molecule has 1 rings (SSSR count). The number of thioether (sulfide) groups is 1. The highest BCUT2D eigenvalue weighted by Crippen LogP contribution is 2.27. The van der Waals surface area contributed by atoms with Gasteiger partial charge in [-0.3, -0.25) is 0 Å². The Morgan fingerprint density at radius 1 is 1.47 bits per heavy atom. The van der Waals surface area contributed by atoms with Crippen LogP contribution in [0.15, 0.2) is 22.7 Å². The first-order chi connectivity index (χ1) is 7.19. The number of hydrogen-bond donors (Lipinski definition) is 0. The Morgan fingerprint density at radius 2 is 2.20 bits per heavy atom. The molecular formula is C11H15BrClNS. The molecule has 0 saturated carbocycles. The van der Waals surface area contributed by atoms with E-state index in [1.54, 1.807) is 0 Å². The van der Waals surface area contributed by atoms with Gasteiger partial charge in [-0.2, -0.15) is 11.8 Å². The van der Waals surface area contributed by atoms with E-state index >= 15 is 0 Å². The maximum atomic E-state index is 5.78. The quantitative estimate of drug-likeness (QED) is 0.757. The third kappa shape index (κ3) is 3.89. The van der Waals surface area contributed by atoms with Gasteiger partial charge in [0, 0.05) is 29.7 Å². The Morgan fingerprint density at radius 3 is 2.73 bits per heavy atom. The molecule has 0 spiro atoms. The number of hydrogen-bond acceptors (Lipinski definition) is 2. The topological polar surface area (TPSA) is 3.24 Å². The third-order valence-electron chi connectivity index (χ3n) is 2.21. The fraction of sp³-hybridized carbons (Fsp3) is 0.455. The van der Waals surface area contributed by atoms with Gasteiger partial charge in [-0.05, 0) is 39.9 Å². The van der Waals surface area contributed by atoms with Gasteiger partial charge in [-0.15, -0.1) is 11.6 Å². The van der Waals surface area contributed by atoms with Gasteiger partial charge in [0.15, 0.2) is 0 Å². The van der Waals surface area contributed by atoms with Gasteiger partial charge in [0.2, 0.25) is 0 Å². The molecule has 0 heterocycles. The standard InChI is InChI=1S/C11H15BrClNS/c1-14(5-6-15-2)11-4-3-9(8-13)7-10(11)12/h3-4,7H,5-6,8H2,1-2H3. The molecule has 1 aromatic carbocycles. The lowest BCUT2D eigenvalue weighted by Gasteiger charge is -2.20. The second-order valence-corrected chi connectivity index (χ2v) is 5.44. The molecule has 0 saturated heterocycles. The molecule has 0 aromatic heterocycles. The van der Waals surface area contributed by atoms with E-state index in [-0.39, 0.29) is 0 Å². The second kappa shape index (κ2) is 6.66. The zero-order chi connectivity index (χ0) is 11.3. The lowest BCUT2D eigenvalue weighted by atomic mass is 10.2. The molecule has 0 radical (unpaired) electrons. The first-order valence-corrected chi connectivity index (χ1v) is 7.45. The molecule has 0 aliphatic rings. The summed E-state index contributed by atoms with van der Waals surface area (Å²) in [6.07, 6.45) is 2.12. The zero-order valence-electron chi connectivity index (χ0n) is 8.96. The number of benzene rings is 1. The van der Waals surface area contributed by atoms with Crippen LogP contribution in [0, 0.1) is 0 Å². The van der Waals surface area contributed by atoms with Gasteiger partial charge in [-0.1, -0.05) is 6.07 Å². The van der Waals surface area contributed by atoms with E-state index in [0.29, 0.717) is 5.88 Å². The van der Waals surface area contributed by atoms with Crippen LogP contribution in [-0.2, 0) is 5.88 Å². The molecule has 84 valence electrons. The Hall–Kier alpha value is 0.140. The van der Waals surface area contributed by atoms with Crippen LogP contribution in [-0.4, -0.2) is 25.6 Å². The number of nitrogens with zero attached hydrogens (tertiary/aromatic N) is 1. The van der Waals surface area contributed by atoms with Crippen molar-refractivity contribution in [1.29, 1.82) is 0 Å². The average Bonchev–Trinajstić information content (AvgIpc) is 2.25. The summed E-state index contributed by atoms with van der Waals surface area (Å²) in [5.41, 5.74) is 2.36. The lowest BCUT2D eigenvalue weighted by molar-refractivity contribution is 0.973. The summed E-state index contributed by atoms with van der Waals surface area (Å²) in [5.74, 6) is 1.70. The first kappa shape index (κ1) is 13.2. The number of alkyl halides is 1. The third-order valence-corrected chi connectivity index (χ3v) is 3.74. The van der Waals surface area contributed by atoms with Gasteiger partial charge in [0.05, 0.1) is 5.69 Å².